The number of rotatable bonds is 3. The van der Waals surface area contributed by atoms with E-state index in [9.17, 15) is 10.1 Å². The number of allylic oxidation sites excluding steroid dienone is 2. The molecule has 20 heavy (non-hydrogen) atoms. The van der Waals surface area contributed by atoms with E-state index in [1.807, 2.05) is 36.4 Å². The van der Waals surface area contributed by atoms with Gasteiger partial charge >= 0.3 is 0 Å². The second-order valence-corrected chi connectivity index (χ2v) is 5.23. The van der Waals surface area contributed by atoms with Crippen molar-refractivity contribution in [2.24, 2.45) is 0 Å². The lowest BCUT2D eigenvalue weighted by molar-refractivity contribution is 0.103. The van der Waals surface area contributed by atoms with Crippen LogP contribution >= 0.6 is 15.9 Å². The molecule has 3 heteroatoms. The fourth-order valence-electron chi connectivity index (χ4n) is 1.88. The first-order chi connectivity index (χ1) is 9.63. The van der Waals surface area contributed by atoms with E-state index in [2.05, 4.69) is 15.9 Å². The summed E-state index contributed by atoms with van der Waals surface area (Å²) in [6.07, 6.45) is 0. The number of carbonyl (C=O) groups is 1. The Kier molecular flexibility index (Phi) is 4.49. The highest BCUT2D eigenvalue weighted by Crippen LogP contribution is 2.22. The van der Waals surface area contributed by atoms with Crippen LogP contribution in [0.1, 0.15) is 22.8 Å². The predicted octanol–water partition coefficient (Wildman–Crippen LogP) is 4.63. The van der Waals surface area contributed by atoms with Crippen LogP contribution in [0.25, 0.3) is 5.57 Å². The molecule has 0 unspecified atom stereocenters. The maximum absolute atomic E-state index is 12.4. The Morgan fingerprint density at radius 3 is 2.15 bits per heavy atom. The molecule has 0 aliphatic rings. The molecule has 0 aliphatic heterocycles. The van der Waals surface area contributed by atoms with Gasteiger partial charge in [0.25, 0.3) is 0 Å². The largest absolute Gasteiger partial charge is 0.288 e. The van der Waals surface area contributed by atoms with Gasteiger partial charge in [0.15, 0.2) is 0 Å². The second kappa shape index (κ2) is 6.31. The minimum Gasteiger partial charge on any atom is -0.288 e. The van der Waals surface area contributed by atoms with Gasteiger partial charge in [-0.25, -0.2) is 0 Å². The highest BCUT2D eigenvalue weighted by atomic mass is 79.9. The fraction of sp³-hybridized carbons (Fsp3) is 0.0588. The average molecular weight is 326 g/mol. The topological polar surface area (TPSA) is 40.9 Å². The highest BCUT2D eigenvalue weighted by molar-refractivity contribution is 9.10. The van der Waals surface area contributed by atoms with E-state index < -0.39 is 0 Å². The minimum absolute atomic E-state index is 0.179. The summed E-state index contributed by atoms with van der Waals surface area (Å²) in [7, 11) is 0. The maximum Gasteiger partial charge on any atom is 0.203 e. The quantitative estimate of drug-likeness (QED) is 0.469. The molecular weight excluding hydrogens is 314 g/mol. The molecule has 2 aromatic carbocycles. The molecule has 2 nitrogen and oxygen atoms in total. The third-order valence-corrected chi connectivity index (χ3v) is 3.56. The Morgan fingerprint density at radius 1 is 1.00 bits per heavy atom. The minimum atomic E-state index is -0.242. The molecule has 0 N–H and O–H groups in total. The van der Waals surface area contributed by atoms with E-state index in [0.717, 1.165) is 10.0 Å². The fourth-order valence-corrected chi connectivity index (χ4v) is 2.15. The van der Waals surface area contributed by atoms with Crippen LogP contribution in [0.15, 0.2) is 64.6 Å². The number of carbonyl (C=O) groups excluding carboxylic acids is 1. The molecule has 0 saturated heterocycles. The SMILES string of the molecule is C/C(=C(\C#N)C(=O)c1ccccc1)c1ccc(Br)cc1. The Morgan fingerprint density at radius 2 is 1.60 bits per heavy atom. The number of ketones is 1. The summed E-state index contributed by atoms with van der Waals surface area (Å²) >= 11 is 3.37. The number of nitrogens with zero attached hydrogens (tertiary/aromatic N) is 1. The number of hydrogen-bond donors (Lipinski definition) is 0. The first kappa shape index (κ1) is 14.2. The lowest BCUT2D eigenvalue weighted by atomic mass is 9.96. The van der Waals surface area contributed by atoms with Crippen molar-refractivity contribution in [3.63, 3.8) is 0 Å². The Bertz CT molecular complexity index is 694. The zero-order valence-corrected chi connectivity index (χ0v) is 12.5. The summed E-state index contributed by atoms with van der Waals surface area (Å²) in [6, 6.07) is 18.4. The average Bonchev–Trinajstić information content (AvgIpc) is 2.49. The van der Waals surface area contributed by atoms with Crippen LogP contribution in [0.4, 0.5) is 0 Å². The number of hydrogen-bond acceptors (Lipinski definition) is 2. The van der Waals surface area contributed by atoms with E-state index in [4.69, 9.17) is 0 Å². The van der Waals surface area contributed by atoms with Crippen molar-refractivity contribution in [2.75, 3.05) is 0 Å². The monoisotopic (exact) mass is 325 g/mol. The molecule has 98 valence electrons. The number of benzene rings is 2. The van der Waals surface area contributed by atoms with E-state index in [-0.39, 0.29) is 11.4 Å². The summed E-state index contributed by atoms with van der Waals surface area (Å²) in [4.78, 5) is 12.4. The molecule has 0 bridgehead atoms. The molecule has 0 fully saturated rings. The molecule has 0 spiro atoms. The predicted molar refractivity (Wildman–Crippen MR) is 83.1 cm³/mol. The van der Waals surface area contributed by atoms with Crippen LogP contribution in [0.5, 0.6) is 0 Å². The van der Waals surface area contributed by atoms with Gasteiger partial charge in [-0.05, 0) is 30.2 Å². The number of nitriles is 1. The molecule has 2 aromatic rings. The molecule has 0 aromatic heterocycles. The van der Waals surface area contributed by atoms with E-state index in [1.54, 1.807) is 31.2 Å². The normalized spacial score (nSPS) is 11.4. The maximum atomic E-state index is 12.4. The van der Waals surface area contributed by atoms with Crippen molar-refractivity contribution < 1.29 is 4.79 Å². The van der Waals surface area contributed by atoms with Crippen molar-refractivity contribution in [1.82, 2.24) is 0 Å². The van der Waals surface area contributed by atoms with Crippen LogP contribution in [-0.4, -0.2) is 5.78 Å². The van der Waals surface area contributed by atoms with Crippen LogP contribution in [0.2, 0.25) is 0 Å². The van der Waals surface area contributed by atoms with Crippen molar-refractivity contribution in [3.05, 3.63) is 75.8 Å². The van der Waals surface area contributed by atoms with Gasteiger partial charge < -0.3 is 0 Å². The Labute approximate surface area is 126 Å². The molecular formula is C17H12BrNO. The number of halogens is 1. The van der Waals surface area contributed by atoms with Crippen LogP contribution in [0.3, 0.4) is 0 Å². The zero-order valence-electron chi connectivity index (χ0n) is 10.9. The molecule has 0 saturated carbocycles. The molecule has 0 aliphatic carbocycles. The first-order valence-corrected chi connectivity index (χ1v) is 6.89. The van der Waals surface area contributed by atoms with E-state index in [1.165, 1.54) is 0 Å². The van der Waals surface area contributed by atoms with Gasteiger partial charge in [0.1, 0.15) is 11.6 Å². The van der Waals surface area contributed by atoms with Crippen molar-refractivity contribution in [2.45, 2.75) is 6.92 Å². The molecule has 0 atom stereocenters. The van der Waals surface area contributed by atoms with Crippen LogP contribution in [0, 0.1) is 11.3 Å². The van der Waals surface area contributed by atoms with E-state index >= 15 is 0 Å². The van der Waals surface area contributed by atoms with Gasteiger partial charge in [-0.15, -0.1) is 0 Å². The first-order valence-electron chi connectivity index (χ1n) is 6.10. The lowest BCUT2D eigenvalue weighted by Gasteiger charge is -2.06. The summed E-state index contributed by atoms with van der Waals surface area (Å²) in [5, 5.41) is 9.31. The Hall–Kier alpha value is -2.18. The standard InChI is InChI=1S/C17H12BrNO/c1-12(13-7-9-15(18)10-8-13)16(11-19)17(20)14-5-3-2-4-6-14/h2-10H,1H3/b16-12-. The highest BCUT2D eigenvalue weighted by Gasteiger charge is 2.15. The van der Waals surface area contributed by atoms with E-state index in [0.29, 0.717) is 11.1 Å². The summed E-state index contributed by atoms with van der Waals surface area (Å²) in [5.41, 5.74) is 2.27. The van der Waals surface area contributed by atoms with Gasteiger partial charge in [0.05, 0.1) is 0 Å². The summed E-state index contributed by atoms with van der Waals surface area (Å²) < 4.78 is 0.960. The van der Waals surface area contributed by atoms with Crippen molar-refractivity contribution in [1.29, 1.82) is 5.26 Å². The molecule has 0 radical (unpaired) electrons. The zero-order chi connectivity index (χ0) is 14.5. The van der Waals surface area contributed by atoms with Gasteiger partial charge in [-0.2, -0.15) is 5.26 Å². The third-order valence-electron chi connectivity index (χ3n) is 3.03. The summed E-state index contributed by atoms with van der Waals surface area (Å²) in [6.45, 7) is 1.79. The van der Waals surface area contributed by atoms with Gasteiger partial charge in [0, 0.05) is 10.0 Å². The number of Topliss-reactive ketones (excluding diaryl/α,β-unsaturated/α-hetero) is 1. The van der Waals surface area contributed by atoms with Gasteiger partial charge in [0.2, 0.25) is 5.78 Å². The van der Waals surface area contributed by atoms with Crippen LogP contribution < -0.4 is 0 Å². The van der Waals surface area contributed by atoms with Crippen molar-refractivity contribution >= 4 is 27.3 Å². The Balaban J connectivity index is 2.46. The summed E-state index contributed by atoms with van der Waals surface area (Å²) in [5.74, 6) is -0.242. The van der Waals surface area contributed by atoms with Crippen LogP contribution in [-0.2, 0) is 0 Å². The molecule has 2 rings (SSSR count). The lowest BCUT2D eigenvalue weighted by Crippen LogP contribution is -2.04. The second-order valence-electron chi connectivity index (χ2n) is 4.31. The molecule has 0 heterocycles. The third kappa shape index (κ3) is 3.04. The van der Waals surface area contributed by atoms with Gasteiger partial charge in [-0.1, -0.05) is 58.4 Å². The van der Waals surface area contributed by atoms with Gasteiger partial charge in [-0.3, -0.25) is 4.79 Å². The molecule has 0 amide bonds. The van der Waals surface area contributed by atoms with Crippen molar-refractivity contribution in [3.8, 4) is 6.07 Å². The smallest absolute Gasteiger partial charge is 0.203 e.